The van der Waals surface area contributed by atoms with E-state index in [1.807, 2.05) is 12.1 Å². The molecule has 4 nitrogen and oxygen atoms in total. The zero-order valence-electron chi connectivity index (χ0n) is 16.9. The van der Waals surface area contributed by atoms with Crippen LogP contribution in [0.15, 0.2) is 54.6 Å². The maximum Gasteiger partial charge on any atom is 0.253 e. The van der Waals surface area contributed by atoms with Crippen LogP contribution in [0.2, 0.25) is 0 Å². The van der Waals surface area contributed by atoms with Crippen molar-refractivity contribution in [2.45, 2.75) is 44.2 Å². The summed E-state index contributed by atoms with van der Waals surface area (Å²) < 4.78 is 5.66. The number of amides is 1. The van der Waals surface area contributed by atoms with Gasteiger partial charge >= 0.3 is 0 Å². The van der Waals surface area contributed by atoms with E-state index in [0.29, 0.717) is 18.4 Å². The number of nitrogens with one attached hydrogen (secondary N) is 2. The van der Waals surface area contributed by atoms with Gasteiger partial charge in [-0.05, 0) is 49.3 Å². The number of hydrogen-bond acceptors (Lipinski definition) is 3. The number of hydrogen-bond donors (Lipinski definition) is 2. The molecular weight excluding hydrogens is 360 g/mol. The summed E-state index contributed by atoms with van der Waals surface area (Å²) in [7, 11) is 0. The molecule has 4 atom stereocenters. The maximum absolute atomic E-state index is 13.0. The van der Waals surface area contributed by atoms with Gasteiger partial charge in [-0.25, -0.2) is 0 Å². The summed E-state index contributed by atoms with van der Waals surface area (Å²) in [5.74, 6) is 0.811. The first kappa shape index (κ1) is 18.4. The molecule has 0 spiro atoms. The highest BCUT2D eigenvalue weighted by Gasteiger charge is 2.39. The Hall–Kier alpha value is -2.59. The smallest absolute Gasteiger partial charge is 0.253 e. The predicted octanol–water partition coefficient (Wildman–Crippen LogP) is 4.73. The third-order valence-electron chi connectivity index (χ3n) is 6.56. The minimum absolute atomic E-state index is 0.0201. The van der Waals surface area contributed by atoms with Crippen molar-refractivity contribution in [1.29, 1.82) is 0 Å². The Morgan fingerprint density at radius 3 is 2.97 bits per heavy atom. The van der Waals surface area contributed by atoms with Crippen LogP contribution in [0.5, 0.6) is 0 Å². The second kappa shape index (κ2) is 7.68. The molecule has 0 radical (unpaired) electrons. The first-order valence-electron chi connectivity index (χ1n) is 10.7. The van der Waals surface area contributed by atoms with E-state index in [1.54, 1.807) is 0 Å². The number of fused-ring (bicyclic) bond motifs is 3. The molecule has 1 saturated heterocycles. The van der Waals surface area contributed by atoms with Gasteiger partial charge in [0.05, 0.1) is 23.4 Å². The lowest BCUT2D eigenvalue weighted by atomic mass is 9.76. The van der Waals surface area contributed by atoms with Crippen molar-refractivity contribution in [2.75, 3.05) is 18.5 Å². The molecule has 2 heterocycles. The molecule has 2 aromatic carbocycles. The van der Waals surface area contributed by atoms with Crippen LogP contribution < -0.4 is 10.6 Å². The number of rotatable bonds is 4. The summed E-state index contributed by atoms with van der Waals surface area (Å²) in [6, 6.07) is 15.0. The summed E-state index contributed by atoms with van der Waals surface area (Å²) in [6.07, 6.45) is 7.92. The number of aryl methyl sites for hydroxylation is 1. The fourth-order valence-corrected chi connectivity index (χ4v) is 5.11. The number of allylic oxidation sites excluding steroid dienone is 2. The van der Waals surface area contributed by atoms with Gasteiger partial charge in [0.15, 0.2) is 0 Å². The van der Waals surface area contributed by atoms with E-state index in [0.717, 1.165) is 37.1 Å². The molecule has 1 fully saturated rings. The summed E-state index contributed by atoms with van der Waals surface area (Å²) in [5.41, 5.74) is 5.51. The normalized spacial score (nSPS) is 27.2. The Balaban J connectivity index is 1.46. The molecule has 5 rings (SSSR count). The molecule has 3 aliphatic rings. The summed E-state index contributed by atoms with van der Waals surface area (Å²) in [5, 5.41) is 6.85. The van der Waals surface area contributed by atoms with Crippen LogP contribution in [0.1, 0.15) is 58.3 Å². The maximum atomic E-state index is 13.0. The number of anilines is 1. The van der Waals surface area contributed by atoms with E-state index in [4.69, 9.17) is 4.74 Å². The molecule has 2 aliphatic heterocycles. The van der Waals surface area contributed by atoms with Gasteiger partial charge in [-0.1, -0.05) is 54.1 Å². The number of para-hydroxylation sites is 1. The third kappa shape index (κ3) is 3.46. The standard InChI is InChI=1S/C25H28N2O2/c1-16-6-2-7-17(14-16)23-20-10-3-9-19(20)21-11-4-12-22(24(21)27-23)25(28)26-15-18-8-5-13-29-18/h2-4,6-7,9,11-12,14,18-20,23,27H,5,8,10,13,15H2,1H3,(H,26,28). The SMILES string of the molecule is Cc1cccc(C2Nc3c(C(=O)NCC4CCCO4)cccc3C3C=CCC32)c1. The van der Waals surface area contributed by atoms with Crippen molar-refractivity contribution in [3.63, 3.8) is 0 Å². The molecule has 2 aromatic rings. The van der Waals surface area contributed by atoms with E-state index in [1.165, 1.54) is 16.7 Å². The van der Waals surface area contributed by atoms with Gasteiger partial charge in [-0.2, -0.15) is 0 Å². The zero-order chi connectivity index (χ0) is 19.8. The summed E-state index contributed by atoms with van der Waals surface area (Å²) in [4.78, 5) is 13.0. The van der Waals surface area contributed by atoms with Crippen LogP contribution in [0, 0.1) is 12.8 Å². The number of carbonyl (C=O) groups is 1. The molecule has 4 unspecified atom stereocenters. The number of ether oxygens (including phenoxy) is 1. The van der Waals surface area contributed by atoms with E-state index < -0.39 is 0 Å². The first-order chi connectivity index (χ1) is 14.2. The van der Waals surface area contributed by atoms with Gasteiger partial charge in [0.1, 0.15) is 0 Å². The fourth-order valence-electron chi connectivity index (χ4n) is 5.11. The Kier molecular flexibility index (Phi) is 4.88. The minimum Gasteiger partial charge on any atom is -0.377 e. The van der Waals surface area contributed by atoms with Gasteiger partial charge in [0.2, 0.25) is 0 Å². The quantitative estimate of drug-likeness (QED) is 0.745. The summed E-state index contributed by atoms with van der Waals surface area (Å²) >= 11 is 0. The lowest BCUT2D eigenvalue weighted by Crippen LogP contribution is -2.34. The molecule has 2 N–H and O–H groups in total. The number of benzene rings is 2. The van der Waals surface area contributed by atoms with Crippen LogP contribution in [0.25, 0.3) is 0 Å². The molecule has 4 heteroatoms. The molecule has 0 aromatic heterocycles. The third-order valence-corrected chi connectivity index (χ3v) is 6.56. The fraction of sp³-hybridized carbons (Fsp3) is 0.400. The minimum atomic E-state index is -0.0201. The van der Waals surface area contributed by atoms with E-state index in [2.05, 4.69) is 60.0 Å². The van der Waals surface area contributed by atoms with Gasteiger partial charge < -0.3 is 15.4 Å². The highest BCUT2D eigenvalue weighted by molar-refractivity contribution is 6.00. The van der Waals surface area contributed by atoms with E-state index in [9.17, 15) is 4.79 Å². The van der Waals surface area contributed by atoms with Gasteiger partial charge in [0, 0.05) is 19.1 Å². The lowest BCUT2D eigenvalue weighted by Gasteiger charge is -2.38. The van der Waals surface area contributed by atoms with E-state index in [-0.39, 0.29) is 18.1 Å². The highest BCUT2D eigenvalue weighted by Crippen LogP contribution is 2.50. The molecule has 1 amide bonds. The molecule has 29 heavy (non-hydrogen) atoms. The Morgan fingerprint density at radius 2 is 2.14 bits per heavy atom. The lowest BCUT2D eigenvalue weighted by molar-refractivity contribution is 0.0858. The van der Waals surface area contributed by atoms with Crippen LogP contribution in [-0.2, 0) is 4.74 Å². The van der Waals surface area contributed by atoms with Crippen molar-refractivity contribution in [3.05, 3.63) is 76.9 Å². The van der Waals surface area contributed by atoms with E-state index >= 15 is 0 Å². The largest absolute Gasteiger partial charge is 0.377 e. The van der Waals surface area contributed by atoms with Crippen LogP contribution >= 0.6 is 0 Å². The molecule has 1 aliphatic carbocycles. The van der Waals surface area contributed by atoms with Crippen molar-refractivity contribution in [3.8, 4) is 0 Å². The second-order valence-electron chi connectivity index (χ2n) is 8.50. The Bertz CT molecular complexity index is 946. The molecule has 150 valence electrons. The zero-order valence-corrected chi connectivity index (χ0v) is 16.9. The number of carbonyl (C=O) groups excluding carboxylic acids is 1. The first-order valence-corrected chi connectivity index (χ1v) is 10.7. The summed E-state index contributed by atoms with van der Waals surface area (Å²) in [6.45, 7) is 3.51. The Labute approximate surface area is 172 Å². The predicted molar refractivity (Wildman–Crippen MR) is 115 cm³/mol. The van der Waals surface area contributed by atoms with Gasteiger partial charge in [-0.15, -0.1) is 0 Å². The molecule has 0 saturated carbocycles. The van der Waals surface area contributed by atoms with Crippen molar-refractivity contribution >= 4 is 11.6 Å². The molecule has 0 bridgehead atoms. The molecular formula is C25H28N2O2. The van der Waals surface area contributed by atoms with Crippen molar-refractivity contribution in [2.24, 2.45) is 5.92 Å². The Morgan fingerprint density at radius 1 is 1.24 bits per heavy atom. The monoisotopic (exact) mass is 388 g/mol. The van der Waals surface area contributed by atoms with Crippen molar-refractivity contribution in [1.82, 2.24) is 5.32 Å². The van der Waals surface area contributed by atoms with Crippen LogP contribution in [0.4, 0.5) is 5.69 Å². The van der Waals surface area contributed by atoms with Gasteiger partial charge in [-0.3, -0.25) is 4.79 Å². The highest BCUT2D eigenvalue weighted by atomic mass is 16.5. The second-order valence-corrected chi connectivity index (χ2v) is 8.50. The topological polar surface area (TPSA) is 50.4 Å². The average Bonchev–Trinajstić information content (AvgIpc) is 3.43. The van der Waals surface area contributed by atoms with Crippen molar-refractivity contribution < 1.29 is 9.53 Å². The van der Waals surface area contributed by atoms with Crippen LogP contribution in [0.3, 0.4) is 0 Å². The van der Waals surface area contributed by atoms with Crippen LogP contribution in [-0.4, -0.2) is 25.2 Å². The van der Waals surface area contributed by atoms with Gasteiger partial charge in [0.25, 0.3) is 5.91 Å². The average molecular weight is 389 g/mol.